The van der Waals surface area contributed by atoms with Crippen LogP contribution in [0.15, 0.2) is 6.07 Å². The van der Waals surface area contributed by atoms with Crippen molar-refractivity contribution < 1.29 is 19.1 Å². The molecule has 1 aliphatic heterocycles. The molecule has 1 amide bonds. The Hall–Kier alpha value is -1.27. The number of carbonyl (C=O) groups is 2. The number of ether oxygens (including phenoxy) is 2. The highest BCUT2D eigenvalue weighted by Gasteiger charge is 2.27. The minimum absolute atomic E-state index is 0.161. The molecule has 0 atom stereocenters. The molecule has 0 bridgehead atoms. The minimum Gasteiger partial charge on any atom is -0.445 e. The third kappa shape index (κ3) is 4.11. The minimum atomic E-state index is -0.513. The maximum Gasteiger partial charge on any atom is 0.410 e. The highest BCUT2D eigenvalue weighted by atomic mass is 35.5. The van der Waals surface area contributed by atoms with Crippen LogP contribution in [0.2, 0.25) is 0 Å². The van der Waals surface area contributed by atoms with Gasteiger partial charge in [-0.25, -0.2) is 9.59 Å². The zero-order valence-corrected chi connectivity index (χ0v) is 13.8. The maximum atomic E-state index is 12.1. The quantitative estimate of drug-likeness (QED) is 0.615. The molecule has 21 heavy (non-hydrogen) atoms. The molecule has 0 spiro atoms. The first kappa shape index (κ1) is 16.1. The molecule has 0 unspecified atom stereocenters. The summed E-state index contributed by atoms with van der Waals surface area (Å²) in [6, 6.07) is 1.61. The van der Waals surface area contributed by atoms with Crippen molar-refractivity contribution in [3.8, 4) is 0 Å². The lowest BCUT2D eigenvalue weighted by molar-refractivity contribution is 0.0225. The molecule has 5 nitrogen and oxygen atoms in total. The lowest BCUT2D eigenvalue weighted by atomic mass is 10.1. The molecule has 0 radical (unpaired) electrons. The highest BCUT2D eigenvalue weighted by Crippen LogP contribution is 2.29. The molecule has 0 aromatic carbocycles. The number of alkyl halides is 1. The van der Waals surface area contributed by atoms with Gasteiger partial charge < -0.3 is 14.4 Å². The second-order valence-corrected chi connectivity index (χ2v) is 7.11. The smallest absolute Gasteiger partial charge is 0.410 e. The molecule has 1 aromatic heterocycles. The van der Waals surface area contributed by atoms with Crippen LogP contribution in [0, 0.1) is 0 Å². The van der Waals surface area contributed by atoms with Crippen LogP contribution in [-0.2, 0) is 22.4 Å². The molecule has 1 aromatic rings. The van der Waals surface area contributed by atoms with E-state index in [9.17, 15) is 9.59 Å². The van der Waals surface area contributed by atoms with Gasteiger partial charge in [-0.05, 0) is 38.8 Å². The van der Waals surface area contributed by atoms with E-state index in [1.165, 1.54) is 11.3 Å². The average Bonchev–Trinajstić information content (AvgIpc) is 2.79. The lowest BCUT2D eigenvalue weighted by Crippen LogP contribution is -2.39. The number of thiophene rings is 1. The zero-order chi connectivity index (χ0) is 15.6. The summed E-state index contributed by atoms with van der Waals surface area (Å²) < 4.78 is 10.1. The third-order valence-corrected chi connectivity index (χ3v) is 4.23. The van der Waals surface area contributed by atoms with Gasteiger partial charge in [-0.2, -0.15) is 0 Å². The van der Waals surface area contributed by atoms with Gasteiger partial charge >= 0.3 is 12.1 Å². The predicted molar refractivity (Wildman–Crippen MR) is 80.8 cm³/mol. The normalized spacial score (nSPS) is 14.6. The van der Waals surface area contributed by atoms with E-state index in [1.807, 2.05) is 20.8 Å². The van der Waals surface area contributed by atoms with Crippen LogP contribution in [0.3, 0.4) is 0 Å². The first-order valence-corrected chi connectivity index (χ1v) is 7.98. The fraction of sp³-hybridized carbons (Fsp3) is 0.571. The van der Waals surface area contributed by atoms with Crippen molar-refractivity contribution in [2.45, 2.75) is 39.3 Å². The SMILES string of the molecule is CC(C)(C)OC(=O)N1CCc2sc(C(=O)OCCl)cc2C1. The number of esters is 1. The van der Waals surface area contributed by atoms with Crippen LogP contribution in [0.5, 0.6) is 0 Å². The fourth-order valence-corrected chi connectivity index (χ4v) is 3.19. The Morgan fingerprint density at radius 2 is 2.14 bits per heavy atom. The summed E-state index contributed by atoms with van der Waals surface area (Å²) in [6.45, 7) is 6.56. The summed E-state index contributed by atoms with van der Waals surface area (Å²) in [5.41, 5.74) is 0.458. The highest BCUT2D eigenvalue weighted by molar-refractivity contribution is 7.14. The number of rotatable bonds is 2. The van der Waals surface area contributed by atoms with E-state index in [-0.39, 0.29) is 12.2 Å². The van der Waals surface area contributed by atoms with Crippen molar-refractivity contribution >= 4 is 35.0 Å². The van der Waals surface area contributed by atoms with E-state index in [0.717, 1.165) is 10.4 Å². The second kappa shape index (κ2) is 6.23. The van der Waals surface area contributed by atoms with Gasteiger partial charge in [0.2, 0.25) is 0 Å². The Morgan fingerprint density at radius 1 is 1.43 bits per heavy atom. The third-order valence-electron chi connectivity index (χ3n) is 2.91. The van der Waals surface area contributed by atoms with Gasteiger partial charge in [0.25, 0.3) is 0 Å². The molecule has 2 rings (SSSR count). The lowest BCUT2D eigenvalue weighted by Gasteiger charge is -2.29. The summed E-state index contributed by atoms with van der Waals surface area (Å²) in [5, 5.41) is 0. The molecular formula is C14H18ClNO4S. The van der Waals surface area contributed by atoms with Gasteiger partial charge in [-0.1, -0.05) is 11.6 Å². The van der Waals surface area contributed by atoms with Crippen LogP contribution < -0.4 is 0 Å². The summed E-state index contributed by atoms with van der Waals surface area (Å²) >= 11 is 6.79. The van der Waals surface area contributed by atoms with Crippen molar-refractivity contribution in [3.05, 3.63) is 21.4 Å². The molecule has 0 fully saturated rings. The van der Waals surface area contributed by atoms with Gasteiger partial charge in [-0.3, -0.25) is 0 Å². The predicted octanol–water partition coefficient (Wildman–Crippen LogP) is 3.39. The standard InChI is InChI=1S/C14H18ClNO4S/c1-14(2,3)20-13(18)16-5-4-10-9(7-16)6-11(21-10)12(17)19-8-15/h6H,4-5,7-8H2,1-3H3. The van der Waals surface area contributed by atoms with Crippen molar-refractivity contribution in [1.82, 2.24) is 4.90 Å². The second-order valence-electron chi connectivity index (χ2n) is 5.75. The average molecular weight is 332 g/mol. The monoisotopic (exact) mass is 331 g/mol. The van der Waals surface area contributed by atoms with Gasteiger partial charge in [-0.15, -0.1) is 11.3 Å². The number of halogens is 1. The number of fused-ring (bicyclic) bond motifs is 1. The number of hydrogen-bond acceptors (Lipinski definition) is 5. The Bertz CT molecular complexity index is 550. The van der Waals surface area contributed by atoms with Crippen molar-refractivity contribution in [2.75, 3.05) is 12.6 Å². The van der Waals surface area contributed by atoms with Crippen LogP contribution in [0.25, 0.3) is 0 Å². The molecule has 7 heteroatoms. The van der Waals surface area contributed by atoms with Crippen LogP contribution in [0.1, 0.15) is 40.9 Å². The van der Waals surface area contributed by atoms with E-state index in [2.05, 4.69) is 0 Å². The van der Waals surface area contributed by atoms with Gasteiger partial charge in [0.15, 0.2) is 6.07 Å². The zero-order valence-electron chi connectivity index (χ0n) is 12.3. The van der Waals surface area contributed by atoms with Gasteiger partial charge in [0, 0.05) is 11.4 Å². The largest absolute Gasteiger partial charge is 0.445 e. The summed E-state index contributed by atoms with van der Waals surface area (Å²) in [6.07, 6.45) is 0.386. The molecule has 0 aliphatic carbocycles. The van der Waals surface area contributed by atoms with Crippen LogP contribution >= 0.6 is 22.9 Å². The van der Waals surface area contributed by atoms with Crippen molar-refractivity contribution in [3.63, 3.8) is 0 Å². The Balaban J connectivity index is 2.07. The number of carbonyl (C=O) groups excluding carboxylic acids is 2. The topological polar surface area (TPSA) is 55.8 Å². The summed E-state index contributed by atoms with van der Waals surface area (Å²) in [5.74, 6) is -0.423. The molecule has 1 aliphatic rings. The summed E-state index contributed by atoms with van der Waals surface area (Å²) in [4.78, 5) is 27.0. The van der Waals surface area contributed by atoms with Crippen LogP contribution in [0.4, 0.5) is 4.79 Å². The Kier molecular flexibility index (Phi) is 4.78. The molecule has 0 saturated carbocycles. The van der Waals surface area contributed by atoms with Crippen LogP contribution in [-0.4, -0.2) is 35.2 Å². The maximum absolute atomic E-state index is 12.1. The van der Waals surface area contributed by atoms with E-state index in [1.54, 1.807) is 11.0 Å². The first-order valence-electron chi connectivity index (χ1n) is 6.63. The van der Waals surface area contributed by atoms with Gasteiger partial charge in [0.1, 0.15) is 10.5 Å². The molecule has 0 saturated heterocycles. The number of nitrogens with zero attached hydrogens (tertiary/aromatic N) is 1. The molecular weight excluding hydrogens is 314 g/mol. The number of amides is 1. The van der Waals surface area contributed by atoms with E-state index >= 15 is 0 Å². The molecule has 116 valence electrons. The summed E-state index contributed by atoms with van der Waals surface area (Å²) in [7, 11) is 0. The van der Waals surface area contributed by atoms with E-state index < -0.39 is 11.6 Å². The fourth-order valence-electron chi connectivity index (χ4n) is 2.04. The molecule has 2 heterocycles. The van der Waals surface area contributed by atoms with Crippen molar-refractivity contribution in [1.29, 1.82) is 0 Å². The first-order chi connectivity index (χ1) is 9.80. The number of hydrogen-bond donors (Lipinski definition) is 0. The Morgan fingerprint density at radius 3 is 2.76 bits per heavy atom. The van der Waals surface area contributed by atoms with E-state index in [4.69, 9.17) is 21.1 Å². The van der Waals surface area contributed by atoms with E-state index in [0.29, 0.717) is 24.4 Å². The van der Waals surface area contributed by atoms with Gasteiger partial charge in [0.05, 0.1) is 6.54 Å². The molecule has 0 N–H and O–H groups in total. The Labute approximate surface area is 132 Å². The van der Waals surface area contributed by atoms with Crippen molar-refractivity contribution in [2.24, 2.45) is 0 Å².